The van der Waals surface area contributed by atoms with Gasteiger partial charge in [0.25, 0.3) is 0 Å². The predicted octanol–water partition coefficient (Wildman–Crippen LogP) is 4.90. The van der Waals surface area contributed by atoms with Crippen molar-refractivity contribution in [2.45, 2.75) is 26.4 Å². The van der Waals surface area contributed by atoms with Crippen molar-refractivity contribution in [1.82, 2.24) is 0 Å². The Balaban J connectivity index is 2.25. The first-order chi connectivity index (χ1) is 11.0. The van der Waals surface area contributed by atoms with Crippen LogP contribution in [0.3, 0.4) is 0 Å². The van der Waals surface area contributed by atoms with E-state index in [2.05, 4.69) is 32.9 Å². The van der Waals surface area contributed by atoms with E-state index in [1.165, 1.54) is 16.7 Å². The Kier molecular flexibility index (Phi) is 4.06. The highest BCUT2D eigenvalue weighted by atomic mass is 16.3. The van der Waals surface area contributed by atoms with Crippen LogP contribution in [0.1, 0.15) is 33.4 Å². The highest BCUT2D eigenvalue weighted by Crippen LogP contribution is 2.37. The summed E-state index contributed by atoms with van der Waals surface area (Å²) in [4.78, 5) is 0. The monoisotopic (exact) mass is 302 g/mol. The molecule has 0 aromatic heterocycles. The standard InChI is InChI=1S/C22H22O/c1-16-9-12-20(13-10-16)22(23,19-7-5-4-6-8-19)21-14-11-17(2)18(3)15-21/h4-15,23H,1-3H3. The molecular formula is C22H22O. The fourth-order valence-electron chi connectivity index (χ4n) is 2.94. The second-order valence-corrected chi connectivity index (χ2v) is 6.24. The topological polar surface area (TPSA) is 20.2 Å². The minimum Gasteiger partial charge on any atom is -0.376 e. The first-order valence-electron chi connectivity index (χ1n) is 7.94. The lowest BCUT2D eigenvalue weighted by atomic mass is 9.79. The van der Waals surface area contributed by atoms with E-state index in [1.54, 1.807) is 0 Å². The van der Waals surface area contributed by atoms with Crippen molar-refractivity contribution < 1.29 is 5.11 Å². The molecule has 3 aromatic rings. The van der Waals surface area contributed by atoms with Crippen LogP contribution in [-0.4, -0.2) is 5.11 Å². The van der Waals surface area contributed by atoms with E-state index in [9.17, 15) is 5.11 Å². The van der Waals surface area contributed by atoms with Crippen LogP contribution in [0.5, 0.6) is 0 Å². The van der Waals surface area contributed by atoms with E-state index >= 15 is 0 Å². The average molecular weight is 302 g/mol. The number of rotatable bonds is 3. The lowest BCUT2D eigenvalue weighted by molar-refractivity contribution is 0.125. The van der Waals surface area contributed by atoms with E-state index in [0.717, 1.165) is 16.7 Å². The molecule has 0 bridgehead atoms. The maximum Gasteiger partial charge on any atom is 0.140 e. The van der Waals surface area contributed by atoms with Gasteiger partial charge in [0.1, 0.15) is 5.60 Å². The van der Waals surface area contributed by atoms with Crippen LogP contribution in [0.4, 0.5) is 0 Å². The summed E-state index contributed by atoms with van der Waals surface area (Å²) in [5.41, 5.74) is 5.12. The largest absolute Gasteiger partial charge is 0.376 e. The molecule has 0 spiro atoms. The molecular weight excluding hydrogens is 280 g/mol. The van der Waals surface area contributed by atoms with Gasteiger partial charge in [-0.2, -0.15) is 0 Å². The van der Waals surface area contributed by atoms with Gasteiger partial charge in [0.15, 0.2) is 0 Å². The zero-order valence-corrected chi connectivity index (χ0v) is 13.9. The van der Waals surface area contributed by atoms with Gasteiger partial charge in [0.2, 0.25) is 0 Å². The average Bonchev–Trinajstić information content (AvgIpc) is 2.58. The fourth-order valence-corrected chi connectivity index (χ4v) is 2.94. The Bertz CT molecular complexity index is 803. The quantitative estimate of drug-likeness (QED) is 0.683. The molecule has 1 atom stereocenters. The molecule has 23 heavy (non-hydrogen) atoms. The van der Waals surface area contributed by atoms with E-state index < -0.39 is 5.60 Å². The lowest BCUT2D eigenvalue weighted by Crippen LogP contribution is -2.29. The van der Waals surface area contributed by atoms with Crippen LogP contribution >= 0.6 is 0 Å². The molecule has 1 nitrogen and oxygen atoms in total. The molecule has 0 amide bonds. The smallest absolute Gasteiger partial charge is 0.140 e. The molecule has 3 aromatic carbocycles. The van der Waals surface area contributed by atoms with Gasteiger partial charge in [0.05, 0.1) is 0 Å². The second kappa shape index (κ2) is 6.02. The van der Waals surface area contributed by atoms with E-state index in [4.69, 9.17) is 0 Å². The first-order valence-corrected chi connectivity index (χ1v) is 7.94. The molecule has 0 heterocycles. The minimum atomic E-state index is -1.15. The number of aliphatic hydroxyl groups is 1. The molecule has 0 saturated carbocycles. The van der Waals surface area contributed by atoms with Crippen molar-refractivity contribution in [2.75, 3.05) is 0 Å². The molecule has 0 saturated heterocycles. The van der Waals surface area contributed by atoms with Crippen LogP contribution in [0, 0.1) is 20.8 Å². The third-order valence-corrected chi connectivity index (χ3v) is 4.59. The highest BCUT2D eigenvalue weighted by Gasteiger charge is 2.33. The number of hydrogen-bond donors (Lipinski definition) is 1. The zero-order valence-electron chi connectivity index (χ0n) is 13.9. The highest BCUT2D eigenvalue weighted by molar-refractivity contribution is 5.49. The Hall–Kier alpha value is -2.38. The van der Waals surface area contributed by atoms with E-state index in [-0.39, 0.29) is 0 Å². The SMILES string of the molecule is Cc1ccc(C(O)(c2ccccc2)c2ccc(C)c(C)c2)cc1. The predicted molar refractivity (Wildman–Crippen MR) is 95.6 cm³/mol. The molecule has 116 valence electrons. The van der Waals surface area contributed by atoms with Gasteiger partial charge in [-0.1, -0.05) is 78.4 Å². The van der Waals surface area contributed by atoms with Gasteiger partial charge in [-0.15, -0.1) is 0 Å². The Morgan fingerprint density at radius 1 is 0.609 bits per heavy atom. The third-order valence-electron chi connectivity index (χ3n) is 4.59. The van der Waals surface area contributed by atoms with Gasteiger partial charge in [0, 0.05) is 0 Å². The van der Waals surface area contributed by atoms with E-state index in [0.29, 0.717) is 0 Å². The molecule has 0 aliphatic carbocycles. The van der Waals surface area contributed by atoms with Gasteiger partial charge < -0.3 is 5.11 Å². The van der Waals surface area contributed by atoms with Crippen LogP contribution in [-0.2, 0) is 5.60 Å². The fraction of sp³-hybridized carbons (Fsp3) is 0.182. The minimum absolute atomic E-state index is 0.882. The Labute approximate surface area is 138 Å². The normalized spacial score (nSPS) is 13.6. The van der Waals surface area contributed by atoms with Crippen LogP contribution in [0.25, 0.3) is 0 Å². The van der Waals surface area contributed by atoms with Crippen LogP contribution in [0.2, 0.25) is 0 Å². The lowest BCUT2D eigenvalue weighted by Gasteiger charge is -2.30. The molecule has 1 unspecified atom stereocenters. The summed E-state index contributed by atoms with van der Waals surface area (Å²) >= 11 is 0. The summed E-state index contributed by atoms with van der Waals surface area (Å²) in [6.07, 6.45) is 0. The van der Waals surface area contributed by atoms with Crippen LogP contribution in [0.15, 0.2) is 72.8 Å². The Morgan fingerprint density at radius 2 is 1.17 bits per heavy atom. The summed E-state index contributed by atoms with van der Waals surface area (Å²) in [5, 5.41) is 11.7. The van der Waals surface area contributed by atoms with Gasteiger partial charge in [-0.25, -0.2) is 0 Å². The van der Waals surface area contributed by atoms with Gasteiger partial charge in [-0.3, -0.25) is 0 Å². The van der Waals surface area contributed by atoms with Crippen molar-refractivity contribution in [1.29, 1.82) is 0 Å². The zero-order chi connectivity index (χ0) is 16.4. The second-order valence-electron chi connectivity index (χ2n) is 6.24. The van der Waals surface area contributed by atoms with Crippen LogP contribution < -0.4 is 0 Å². The summed E-state index contributed by atoms with van der Waals surface area (Å²) in [6, 6.07) is 24.2. The summed E-state index contributed by atoms with van der Waals surface area (Å²) in [5.74, 6) is 0. The van der Waals surface area contributed by atoms with Gasteiger partial charge in [-0.05, 0) is 48.6 Å². The molecule has 3 rings (SSSR count). The summed E-state index contributed by atoms with van der Waals surface area (Å²) < 4.78 is 0. The van der Waals surface area contributed by atoms with Crippen molar-refractivity contribution in [3.05, 3.63) is 106 Å². The number of hydrogen-bond acceptors (Lipinski definition) is 1. The molecule has 0 fully saturated rings. The number of aryl methyl sites for hydroxylation is 3. The maximum absolute atomic E-state index is 11.7. The summed E-state index contributed by atoms with van der Waals surface area (Å²) in [7, 11) is 0. The molecule has 0 aliphatic heterocycles. The summed E-state index contributed by atoms with van der Waals surface area (Å²) in [6.45, 7) is 6.23. The van der Waals surface area contributed by atoms with Gasteiger partial charge >= 0.3 is 0 Å². The van der Waals surface area contributed by atoms with Crippen molar-refractivity contribution in [3.8, 4) is 0 Å². The third kappa shape index (κ3) is 2.80. The molecule has 1 heteroatoms. The Morgan fingerprint density at radius 3 is 1.78 bits per heavy atom. The van der Waals surface area contributed by atoms with Crippen molar-refractivity contribution >= 4 is 0 Å². The first kappa shape index (κ1) is 15.5. The number of benzene rings is 3. The molecule has 0 radical (unpaired) electrons. The van der Waals surface area contributed by atoms with E-state index in [1.807, 2.05) is 60.7 Å². The van der Waals surface area contributed by atoms with Crippen molar-refractivity contribution in [3.63, 3.8) is 0 Å². The maximum atomic E-state index is 11.7. The molecule has 1 N–H and O–H groups in total. The molecule has 0 aliphatic rings. The van der Waals surface area contributed by atoms with Crippen molar-refractivity contribution in [2.24, 2.45) is 0 Å².